The quantitative estimate of drug-likeness (QED) is 0.799. The Hall–Kier alpha value is -1.89. The summed E-state index contributed by atoms with van der Waals surface area (Å²) in [5, 5.41) is 9.88. The first kappa shape index (κ1) is 17.5. The number of benzene rings is 2. The Morgan fingerprint density at radius 1 is 1.00 bits per heavy atom. The average Bonchev–Trinajstić information content (AvgIpc) is 2.53. The maximum absolute atomic E-state index is 11.7. The molecule has 0 aliphatic carbocycles. The molecule has 1 atom stereocenters. The standard InChI is InChI=1S/C17H20O5S/c1-23(19,20)17-10-6-5-9-16(17)22-13-15(18)12-21-11-14-7-3-2-4-8-14/h2-10,15,18H,11-13H2,1H3. The van der Waals surface area contributed by atoms with Crippen LogP contribution in [-0.4, -0.2) is 39.1 Å². The lowest BCUT2D eigenvalue weighted by atomic mass is 10.2. The van der Waals surface area contributed by atoms with Gasteiger partial charge in [0, 0.05) is 6.26 Å². The van der Waals surface area contributed by atoms with Crippen LogP contribution in [0, 0.1) is 0 Å². The molecule has 0 aromatic heterocycles. The summed E-state index contributed by atoms with van der Waals surface area (Å²) in [7, 11) is -3.37. The molecule has 0 bridgehead atoms. The zero-order valence-corrected chi connectivity index (χ0v) is 13.7. The number of aliphatic hydroxyl groups is 1. The van der Waals surface area contributed by atoms with E-state index in [4.69, 9.17) is 9.47 Å². The van der Waals surface area contributed by atoms with Crippen molar-refractivity contribution in [2.24, 2.45) is 0 Å². The Bertz CT molecular complexity index is 713. The molecule has 0 aliphatic rings. The van der Waals surface area contributed by atoms with Crippen molar-refractivity contribution < 1.29 is 23.0 Å². The zero-order chi connectivity index (χ0) is 16.7. The van der Waals surface area contributed by atoms with Crippen LogP contribution in [0.15, 0.2) is 59.5 Å². The van der Waals surface area contributed by atoms with Gasteiger partial charge in [-0.1, -0.05) is 42.5 Å². The average molecular weight is 336 g/mol. The molecule has 6 heteroatoms. The number of rotatable bonds is 8. The lowest BCUT2D eigenvalue weighted by molar-refractivity contribution is 0.00498. The highest BCUT2D eigenvalue weighted by molar-refractivity contribution is 7.90. The fourth-order valence-corrected chi connectivity index (χ4v) is 2.82. The molecular formula is C17H20O5S. The predicted octanol–water partition coefficient (Wildman–Crippen LogP) is 2.05. The number of para-hydroxylation sites is 1. The molecule has 0 aliphatic heterocycles. The predicted molar refractivity (Wildman–Crippen MR) is 87.2 cm³/mol. The van der Waals surface area contributed by atoms with Gasteiger partial charge in [-0.05, 0) is 17.7 Å². The number of hydrogen-bond donors (Lipinski definition) is 1. The lowest BCUT2D eigenvalue weighted by Gasteiger charge is -2.14. The van der Waals surface area contributed by atoms with Crippen LogP contribution in [0.5, 0.6) is 5.75 Å². The summed E-state index contributed by atoms with van der Waals surface area (Å²) >= 11 is 0. The molecule has 2 rings (SSSR count). The van der Waals surface area contributed by atoms with E-state index in [1.807, 2.05) is 30.3 Å². The van der Waals surface area contributed by atoms with E-state index in [2.05, 4.69) is 0 Å². The number of aliphatic hydroxyl groups excluding tert-OH is 1. The van der Waals surface area contributed by atoms with Gasteiger partial charge in [-0.3, -0.25) is 0 Å². The zero-order valence-electron chi connectivity index (χ0n) is 12.9. The van der Waals surface area contributed by atoms with E-state index in [9.17, 15) is 13.5 Å². The van der Waals surface area contributed by atoms with Gasteiger partial charge in [-0.25, -0.2) is 8.42 Å². The van der Waals surface area contributed by atoms with Gasteiger partial charge in [-0.15, -0.1) is 0 Å². The number of ether oxygens (including phenoxy) is 2. The first-order valence-electron chi connectivity index (χ1n) is 7.18. The molecule has 0 saturated heterocycles. The second-order valence-electron chi connectivity index (χ2n) is 5.18. The summed E-state index contributed by atoms with van der Waals surface area (Å²) in [6.45, 7) is 0.467. The van der Waals surface area contributed by atoms with E-state index in [0.29, 0.717) is 6.61 Å². The van der Waals surface area contributed by atoms with Crippen molar-refractivity contribution in [3.05, 3.63) is 60.2 Å². The topological polar surface area (TPSA) is 72.8 Å². The summed E-state index contributed by atoms with van der Waals surface area (Å²) in [5.41, 5.74) is 1.02. The summed E-state index contributed by atoms with van der Waals surface area (Å²) in [6, 6.07) is 16.0. The molecule has 1 unspecified atom stereocenters. The minimum absolute atomic E-state index is 0.0404. The van der Waals surface area contributed by atoms with Crippen LogP contribution in [0.2, 0.25) is 0 Å². The van der Waals surface area contributed by atoms with Crippen molar-refractivity contribution in [1.29, 1.82) is 0 Å². The largest absolute Gasteiger partial charge is 0.489 e. The van der Waals surface area contributed by atoms with E-state index >= 15 is 0 Å². The van der Waals surface area contributed by atoms with Gasteiger partial charge in [0.05, 0.1) is 13.2 Å². The summed E-state index contributed by atoms with van der Waals surface area (Å²) in [5.74, 6) is 0.233. The van der Waals surface area contributed by atoms with Crippen LogP contribution in [0.25, 0.3) is 0 Å². The van der Waals surface area contributed by atoms with E-state index in [-0.39, 0.29) is 23.9 Å². The Labute approximate surface area is 136 Å². The summed E-state index contributed by atoms with van der Waals surface area (Å²) in [4.78, 5) is 0.109. The van der Waals surface area contributed by atoms with E-state index in [1.165, 1.54) is 6.07 Å². The molecule has 2 aromatic carbocycles. The number of sulfone groups is 1. The minimum atomic E-state index is -3.37. The van der Waals surface area contributed by atoms with Crippen molar-refractivity contribution in [3.63, 3.8) is 0 Å². The molecule has 5 nitrogen and oxygen atoms in total. The maximum Gasteiger partial charge on any atom is 0.179 e. The highest BCUT2D eigenvalue weighted by atomic mass is 32.2. The van der Waals surface area contributed by atoms with E-state index in [1.54, 1.807) is 18.2 Å². The van der Waals surface area contributed by atoms with Crippen molar-refractivity contribution in [2.75, 3.05) is 19.5 Å². The minimum Gasteiger partial charge on any atom is -0.489 e. The van der Waals surface area contributed by atoms with Gasteiger partial charge in [0.25, 0.3) is 0 Å². The fraction of sp³-hybridized carbons (Fsp3) is 0.294. The normalized spacial score (nSPS) is 12.8. The van der Waals surface area contributed by atoms with Gasteiger partial charge in [0.2, 0.25) is 0 Å². The van der Waals surface area contributed by atoms with Crippen LogP contribution < -0.4 is 4.74 Å². The molecule has 0 radical (unpaired) electrons. The molecule has 0 saturated carbocycles. The summed E-state index contributed by atoms with van der Waals surface area (Å²) < 4.78 is 34.2. The molecule has 1 N–H and O–H groups in total. The third-order valence-electron chi connectivity index (χ3n) is 3.10. The monoisotopic (exact) mass is 336 g/mol. The first-order chi connectivity index (χ1) is 11.0. The maximum atomic E-state index is 11.7. The Kier molecular flexibility index (Phi) is 6.15. The molecule has 2 aromatic rings. The third-order valence-corrected chi connectivity index (χ3v) is 4.24. The molecule has 124 valence electrons. The van der Waals surface area contributed by atoms with Crippen LogP contribution in [0.3, 0.4) is 0 Å². The summed E-state index contributed by atoms with van der Waals surface area (Å²) in [6.07, 6.45) is 0.278. The van der Waals surface area contributed by atoms with Gasteiger partial charge in [0.15, 0.2) is 9.84 Å². The third kappa shape index (κ3) is 5.67. The van der Waals surface area contributed by atoms with Crippen molar-refractivity contribution in [3.8, 4) is 5.75 Å². The van der Waals surface area contributed by atoms with E-state index in [0.717, 1.165) is 11.8 Å². The second kappa shape index (κ2) is 8.10. The van der Waals surface area contributed by atoms with Crippen LogP contribution in [-0.2, 0) is 21.2 Å². The Morgan fingerprint density at radius 3 is 2.35 bits per heavy atom. The SMILES string of the molecule is CS(=O)(=O)c1ccccc1OCC(O)COCc1ccccc1. The second-order valence-corrected chi connectivity index (χ2v) is 7.17. The lowest BCUT2D eigenvalue weighted by Crippen LogP contribution is -2.23. The van der Waals surface area contributed by atoms with Crippen LogP contribution >= 0.6 is 0 Å². The van der Waals surface area contributed by atoms with Crippen molar-refractivity contribution in [2.45, 2.75) is 17.6 Å². The number of hydrogen-bond acceptors (Lipinski definition) is 5. The smallest absolute Gasteiger partial charge is 0.179 e. The Morgan fingerprint density at radius 2 is 1.65 bits per heavy atom. The molecule has 0 heterocycles. The van der Waals surface area contributed by atoms with Crippen LogP contribution in [0.4, 0.5) is 0 Å². The van der Waals surface area contributed by atoms with Gasteiger partial charge < -0.3 is 14.6 Å². The molecular weight excluding hydrogens is 316 g/mol. The van der Waals surface area contributed by atoms with Crippen molar-refractivity contribution >= 4 is 9.84 Å². The van der Waals surface area contributed by atoms with E-state index < -0.39 is 15.9 Å². The van der Waals surface area contributed by atoms with Gasteiger partial charge >= 0.3 is 0 Å². The fourth-order valence-electron chi connectivity index (χ4n) is 2.00. The van der Waals surface area contributed by atoms with Crippen molar-refractivity contribution in [1.82, 2.24) is 0 Å². The Balaban J connectivity index is 1.82. The van der Waals surface area contributed by atoms with Gasteiger partial charge in [0.1, 0.15) is 23.4 Å². The molecule has 0 fully saturated rings. The highest BCUT2D eigenvalue weighted by Gasteiger charge is 2.15. The molecule has 0 spiro atoms. The molecule has 0 amide bonds. The first-order valence-corrected chi connectivity index (χ1v) is 9.07. The molecule has 23 heavy (non-hydrogen) atoms. The van der Waals surface area contributed by atoms with Crippen LogP contribution in [0.1, 0.15) is 5.56 Å². The highest BCUT2D eigenvalue weighted by Crippen LogP contribution is 2.23. The van der Waals surface area contributed by atoms with Gasteiger partial charge in [-0.2, -0.15) is 0 Å².